The van der Waals surface area contributed by atoms with Crippen LogP contribution in [0, 0.1) is 0 Å². The topological polar surface area (TPSA) is 56.1 Å². The SMILES string of the molecule is O=C(CCOc1cccc2ccccc12)N[C@@H]1CCCc2c1cnn2Cc1ccccc1. The van der Waals surface area contributed by atoms with Crippen LogP contribution in [0.2, 0.25) is 0 Å². The first-order valence-corrected chi connectivity index (χ1v) is 11.3. The second-order valence-electron chi connectivity index (χ2n) is 8.28. The molecule has 0 unspecified atom stereocenters. The molecule has 0 radical (unpaired) electrons. The first-order valence-electron chi connectivity index (χ1n) is 11.3. The van der Waals surface area contributed by atoms with Gasteiger partial charge < -0.3 is 10.1 Å². The predicted molar refractivity (Wildman–Crippen MR) is 126 cm³/mol. The van der Waals surface area contributed by atoms with Crippen molar-refractivity contribution >= 4 is 16.7 Å². The van der Waals surface area contributed by atoms with Crippen molar-refractivity contribution in [3.63, 3.8) is 0 Å². The molecule has 32 heavy (non-hydrogen) atoms. The number of hydrogen-bond donors (Lipinski definition) is 1. The van der Waals surface area contributed by atoms with Crippen LogP contribution in [0.5, 0.6) is 5.75 Å². The predicted octanol–water partition coefficient (Wildman–Crippen LogP) is 5.05. The Morgan fingerprint density at radius 3 is 2.75 bits per heavy atom. The number of nitrogens with one attached hydrogen (secondary N) is 1. The Kier molecular flexibility index (Phi) is 5.88. The van der Waals surface area contributed by atoms with Gasteiger partial charge in [-0.15, -0.1) is 0 Å². The Balaban J connectivity index is 1.19. The minimum atomic E-state index is 0.0129. The lowest BCUT2D eigenvalue weighted by molar-refractivity contribution is -0.122. The van der Waals surface area contributed by atoms with Crippen LogP contribution in [0.15, 0.2) is 79.0 Å². The molecule has 5 heteroatoms. The molecule has 162 valence electrons. The molecule has 3 aromatic carbocycles. The van der Waals surface area contributed by atoms with Crippen molar-refractivity contribution in [2.24, 2.45) is 0 Å². The minimum absolute atomic E-state index is 0.0129. The number of rotatable bonds is 7. The van der Waals surface area contributed by atoms with Crippen molar-refractivity contribution in [1.82, 2.24) is 15.1 Å². The number of aromatic nitrogens is 2. The molecule has 1 atom stereocenters. The van der Waals surface area contributed by atoms with Crippen molar-refractivity contribution in [2.45, 2.75) is 38.3 Å². The van der Waals surface area contributed by atoms with Gasteiger partial charge in [-0.3, -0.25) is 9.48 Å². The molecule has 1 aliphatic carbocycles. The fraction of sp³-hybridized carbons (Fsp3) is 0.259. The summed E-state index contributed by atoms with van der Waals surface area (Å²) in [5.41, 5.74) is 3.61. The summed E-state index contributed by atoms with van der Waals surface area (Å²) in [6.45, 7) is 1.11. The van der Waals surface area contributed by atoms with Crippen LogP contribution in [0.3, 0.4) is 0 Å². The number of ether oxygens (including phenoxy) is 1. The fourth-order valence-corrected chi connectivity index (χ4v) is 4.50. The molecule has 1 amide bonds. The summed E-state index contributed by atoms with van der Waals surface area (Å²) in [5.74, 6) is 0.830. The molecule has 1 heterocycles. The highest BCUT2D eigenvalue weighted by Crippen LogP contribution is 2.30. The van der Waals surface area contributed by atoms with E-state index in [4.69, 9.17) is 4.74 Å². The van der Waals surface area contributed by atoms with Crippen molar-refractivity contribution in [1.29, 1.82) is 0 Å². The maximum atomic E-state index is 12.7. The van der Waals surface area contributed by atoms with Gasteiger partial charge in [0.1, 0.15) is 5.75 Å². The van der Waals surface area contributed by atoms with Gasteiger partial charge in [0.05, 0.1) is 31.8 Å². The average Bonchev–Trinajstić information content (AvgIpc) is 3.24. The van der Waals surface area contributed by atoms with Crippen molar-refractivity contribution in [3.05, 3.63) is 95.8 Å². The Bertz CT molecular complexity index is 1210. The average molecular weight is 426 g/mol. The van der Waals surface area contributed by atoms with E-state index in [0.717, 1.165) is 47.9 Å². The number of carbonyl (C=O) groups excluding carboxylic acids is 1. The van der Waals surface area contributed by atoms with Gasteiger partial charge in [-0.05, 0) is 36.3 Å². The van der Waals surface area contributed by atoms with E-state index < -0.39 is 0 Å². The van der Waals surface area contributed by atoms with E-state index in [0.29, 0.717) is 13.0 Å². The van der Waals surface area contributed by atoms with Gasteiger partial charge in [-0.2, -0.15) is 5.10 Å². The molecule has 0 saturated carbocycles. The van der Waals surface area contributed by atoms with Crippen LogP contribution in [-0.4, -0.2) is 22.3 Å². The molecule has 5 rings (SSSR count). The van der Waals surface area contributed by atoms with Gasteiger partial charge in [0.15, 0.2) is 0 Å². The maximum Gasteiger partial charge on any atom is 0.223 e. The second-order valence-corrected chi connectivity index (χ2v) is 8.28. The van der Waals surface area contributed by atoms with Crippen LogP contribution < -0.4 is 10.1 Å². The second kappa shape index (κ2) is 9.27. The number of carbonyl (C=O) groups is 1. The summed E-state index contributed by atoms with van der Waals surface area (Å²) in [6.07, 6.45) is 5.24. The van der Waals surface area contributed by atoms with Gasteiger partial charge in [0, 0.05) is 16.6 Å². The van der Waals surface area contributed by atoms with E-state index >= 15 is 0 Å². The molecule has 1 aromatic heterocycles. The standard InChI is InChI=1S/C27H27N3O2/c31-27(16-17-32-26-15-6-11-21-10-4-5-12-22(21)26)29-24-13-7-14-25-23(24)18-28-30(25)19-20-8-2-1-3-9-20/h1-6,8-12,15,18,24H,7,13-14,16-17,19H2,(H,29,31)/t24-/m1/s1. The first kappa shape index (κ1) is 20.3. The lowest BCUT2D eigenvalue weighted by atomic mass is 9.92. The smallest absolute Gasteiger partial charge is 0.223 e. The van der Waals surface area contributed by atoms with E-state index in [2.05, 4.69) is 51.5 Å². The van der Waals surface area contributed by atoms with E-state index in [1.54, 1.807) is 0 Å². The molecular formula is C27H27N3O2. The normalized spacial score (nSPS) is 15.3. The Morgan fingerprint density at radius 2 is 1.84 bits per heavy atom. The molecular weight excluding hydrogens is 398 g/mol. The number of benzene rings is 3. The Labute approximate surface area is 188 Å². The highest BCUT2D eigenvalue weighted by molar-refractivity contribution is 5.88. The van der Waals surface area contributed by atoms with E-state index in [1.807, 2.05) is 42.6 Å². The molecule has 0 fully saturated rings. The van der Waals surface area contributed by atoms with Crippen LogP contribution in [0.25, 0.3) is 10.8 Å². The lowest BCUT2D eigenvalue weighted by Crippen LogP contribution is -2.31. The quantitative estimate of drug-likeness (QED) is 0.451. The van der Waals surface area contributed by atoms with Gasteiger partial charge in [-0.25, -0.2) is 0 Å². The molecule has 0 spiro atoms. The Morgan fingerprint density at radius 1 is 1.03 bits per heavy atom. The molecule has 0 aliphatic heterocycles. The summed E-state index contributed by atoms with van der Waals surface area (Å²) >= 11 is 0. The summed E-state index contributed by atoms with van der Waals surface area (Å²) in [5, 5.41) is 10.0. The molecule has 5 nitrogen and oxygen atoms in total. The number of fused-ring (bicyclic) bond motifs is 2. The third-order valence-corrected chi connectivity index (χ3v) is 6.11. The van der Waals surface area contributed by atoms with Crippen LogP contribution in [-0.2, 0) is 17.8 Å². The third kappa shape index (κ3) is 4.37. The van der Waals surface area contributed by atoms with E-state index in [-0.39, 0.29) is 11.9 Å². The van der Waals surface area contributed by atoms with Gasteiger partial charge >= 0.3 is 0 Å². The zero-order valence-electron chi connectivity index (χ0n) is 18.0. The highest BCUT2D eigenvalue weighted by Gasteiger charge is 2.25. The van der Waals surface area contributed by atoms with Crippen molar-refractivity contribution < 1.29 is 9.53 Å². The minimum Gasteiger partial charge on any atom is -0.492 e. The number of nitrogens with zero attached hydrogens (tertiary/aromatic N) is 2. The zero-order valence-corrected chi connectivity index (χ0v) is 18.0. The summed E-state index contributed by atoms with van der Waals surface area (Å²) in [7, 11) is 0. The van der Waals surface area contributed by atoms with Crippen LogP contribution >= 0.6 is 0 Å². The molecule has 0 saturated heterocycles. The van der Waals surface area contributed by atoms with Crippen molar-refractivity contribution in [2.75, 3.05) is 6.61 Å². The molecule has 0 bridgehead atoms. The molecule has 4 aromatic rings. The monoisotopic (exact) mass is 425 g/mol. The van der Waals surface area contributed by atoms with Gasteiger partial charge in [0.2, 0.25) is 5.91 Å². The zero-order chi connectivity index (χ0) is 21.8. The largest absolute Gasteiger partial charge is 0.492 e. The van der Waals surface area contributed by atoms with Crippen LogP contribution in [0.1, 0.15) is 42.1 Å². The van der Waals surface area contributed by atoms with Gasteiger partial charge in [0.25, 0.3) is 0 Å². The summed E-state index contributed by atoms with van der Waals surface area (Å²) < 4.78 is 8.02. The molecule has 1 aliphatic rings. The maximum absolute atomic E-state index is 12.7. The Hall–Kier alpha value is -3.60. The highest BCUT2D eigenvalue weighted by atomic mass is 16.5. The third-order valence-electron chi connectivity index (χ3n) is 6.11. The van der Waals surface area contributed by atoms with Gasteiger partial charge in [-0.1, -0.05) is 66.7 Å². The lowest BCUT2D eigenvalue weighted by Gasteiger charge is -2.24. The van der Waals surface area contributed by atoms with E-state index in [9.17, 15) is 4.79 Å². The van der Waals surface area contributed by atoms with E-state index in [1.165, 1.54) is 11.3 Å². The van der Waals surface area contributed by atoms with Crippen molar-refractivity contribution in [3.8, 4) is 5.75 Å². The number of hydrogen-bond acceptors (Lipinski definition) is 3. The van der Waals surface area contributed by atoms with Crippen LogP contribution in [0.4, 0.5) is 0 Å². The summed E-state index contributed by atoms with van der Waals surface area (Å²) in [4.78, 5) is 12.7. The molecule has 1 N–H and O–H groups in total. The number of amides is 1. The fourth-order valence-electron chi connectivity index (χ4n) is 4.50. The summed E-state index contributed by atoms with van der Waals surface area (Å²) in [6, 6.07) is 24.5. The first-order chi connectivity index (χ1) is 15.8.